The first-order valence-electron chi connectivity index (χ1n) is 7.70. The molecule has 5 nitrogen and oxygen atoms in total. The molecule has 0 aromatic heterocycles. The van der Waals surface area contributed by atoms with Gasteiger partial charge in [0, 0.05) is 25.7 Å². The van der Waals surface area contributed by atoms with Crippen LogP contribution in [-0.2, 0) is 16.1 Å². The van der Waals surface area contributed by atoms with Crippen molar-refractivity contribution >= 4 is 5.91 Å². The van der Waals surface area contributed by atoms with Gasteiger partial charge in [0.1, 0.15) is 0 Å². The fraction of sp³-hybridized carbons (Fsp3) is 0.529. The third-order valence-corrected chi connectivity index (χ3v) is 3.89. The average Bonchev–Trinajstić information content (AvgIpc) is 2.53. The van der Waals surface area contributed by atoms with Crippen LogP contribution >= 0.6 is 0 Å². The van der Waals surface area contributed by atoms with Crippen LogP contribution in [0.5, 0.6) is 0 Å². The van der Waals surface area contributed by atoms with Crippen molar-refractivity contribution in [3.8, 4) is 6.07 Å². The molecule has 1 heterocycles. The van der Waals surface area contributed by atoms with Crippen molar-refractivity contribution in [3.63, 3.8) is 0 Å². The van der Waals surface area contributed by atoms with Gasteiger partial charge in [0.05, 0.1) is 30.8 Å². The van der Waals surface area contributed by atoms with Crippen LogP contribution in [-0.4, -0.2) is 42.6 Å². The molecular formula is C17H23N3O2. The molecule has 2 rings (SSSR count). The molecule has 1 aromatic rings. The van der Waals surface area contributed by atoms with Gasteiger partial charge in [-0.1, -0.05) is 12.1 Å². The van der Waals surface area contributed by atoms with Gasteiger partial charge >= 0.3 is 0 Å². The molecule has 118 valence electrons. The first-order chi connectivity index (χ1) is 10.6. The van der Waals surface area contributed by atoms with E-state index in [1.165, 1.54) is 0 Å². The normalized spacial score (nSPS) is 18.9. The maximum atomic E-state index is 12.0. The van der Waals surface area contributed by atoms with E-state index in [-0.39, 0.29) is 12.0 Å². The van der Waals surface area contributed by atoms with Crippen molar-refractivity contribution in [1.29, 1.82) is 5.26 Å². The first-order valence-corrected chi connectivity index (χ1v) is 7.70. The van der Waals surface area contributed by atoms with Crippen LogP contribution in [0.1, 0.15) is 31.4 Å². The molecule has 5 heteroatoms. The summed E-state index contributed by atoms with van der Waals surface area (Å²) in [5.41, 5.74) is 1.61. The molecular weight excluding hydrogens is 278 g/mol. The number of nitrogens with one attached hydrogen (secondary N) is 1. The lowest BCUT2D eigenvalue weighted by Crippen LogP contribution is -2.47. The Balaban J connectivity index is 1.76. The Morgan fingerprint density at radius 3 is 2.82 bits per heavy atom. The van der Waals surface area contributed by atoms with Crippen molar-refractivity contribution in [2.24, 2.45) is 0 Å². The third-order valence-electron chi connectivity index (χ3n) is 3.89. The van der Waals surface area contributed by atoms with Gasteiger partial charge < -0.3 is 10.1 Å². The van der Waals surface area contributed by atoms with Crippen molar-refractivity contribution < 1.29 is 9.53 Å². The number of morpholine rings is 1. The van der Waals surface area contributed by atoms with E-state index in [4.69, 9.17) is 10.00 Å². The second-order valence-corrected chi connectivity index (χ2v) is 5.87. The summed E-state index contributed by atoms with van der Waals surface area (Å²) >= 11 is 0. The molecule has 1 saturated heterocycles. The summed E-state index contributed by atoms with van der Waals surface area (Å²) in [6, 6.07) is 9.79. The number of nitrogens with zero attached hydrogens (tertiary/aromatic N) is 2. The van der Waals surface area contributed by atoms with Gasteiger partial charge in [0.2, 0.25) is 5.91 Å². The van der Waals surface area contributed by atoms with Crippen LogP contribution in [0.4, 0.5) is 0 Å². The van der Waals surface area contributed by atoms with E-state index in [0.717, 1.165) is 18.7 Å². The fourth-order valence-electron chi connectivity index (χ4n) is 2.51. The number of carbonyl (C=O) groups excluding carboxylic acids is 1. The SMILES string of the molecule is CC(C)N1CCO[C@@H](CC(=O)NCc2ccc(C#N)cc2)C1. The lowest BCUT2D eigenvalue weighted by atomic mass is 10.1. The average molecular weight is 301 g/mol. The number of amides is 1. The molecule has 1 aromatic carbocycles. The quantitative estimate of drug-likeness (QED) is 0.898. The maximum absolute atomic E-state index is 12.0. The van der Waals surface area contributed by atoms with Gasteiger partial charge in [-0.3, -0.25) is 9.69 Å². The van der Waals surface area contributed by atoms with Gasteiger partial charge in [0.25, 0.3) is 0 Å². The molecule has 1 aliphatic rings. The van der Waals surface area contributed by atoms with E-state index in [0.29, 0.717) is 31.2 Å². The highest BCUT2D eigenvalue weighted by Gasteiger charge is 2.24. The summed E-state index contributed by atoms with van der Waals surface area (Å²) in [6.45, 7) is 7.22. The summed E-state index contributed by atoms with van der Waals surface area (Å²) in [5.74, 6) is -0.0000316. The molecule has 0 radical (unpaired) electrons. The minimum atomic E-state index is -0.0304. The Morgan fingerprint density at radius 1 is 1.45 bits per heavy atom. The van der Waals surface area contributed by atoms with E-state index < -0.39 is 0 Å². The van der Waals surface area contributed by atoms with Crippen LogP contribution in [0.2, 0.25) is 0 Å². The molecule has 0 unspecified atom stereocenters. The lowest BCUT2D eigenvalue weighted by Gasteiger charge is -2.35. The van der Waals surface area contributed by atoms with E-state index >= 15 is 0 Å². The van der Waals surface area contributed by atoms with Gasteiger partial charge in [-0.05, 0) is 31.5 Å². The molecule has 0 bridgehead atoms. The number of nitriles is 1. The predicted octanol–water partition coefficient (Wildman–Crippen LogP) is 1.67. The highest BCUT2D eigenvalue weighted by molar-refractivity contribution is 5.76. The Hall–Kier alpha value is -1.90. The topological polar surface area (TPSA) is 65.4 Å². The molecule has 0 spiro atoms. The Morgan fingerprint density at radius 2 is 2.18 bits per heavy atom. The van der Waals surface area contributed by atoms with Crippen LogP contribution in [0, 0.1) is 11.3 Å². The van der Waals surface area contributed by atoms with Crippen molar-refractivity contribution in [3.05, 3.63) is 35.4 Å². The van der Waals surface area contributed by atoms with Crippen molar-refractivity contribution in [2.45, 2.75) is 39.0 Å². The van der Waals surface area contributed by atoms with Crippen LogP contribution in [0.15, 0.2) is 24.3 Å². The van der Waals surface area contributed by atoms with Crippen molar-refractivity contribution in [1.82, 2.24) is 10.2 Å². The summed E-state index contributed by atoms with van der Waals surface area (Å²) in [7, 11) is 0. The lowest BCUT2D eigenvalue weighted by molar-refractivity contribution is -0.126. The smallest absolute Gasteiger partial charge is 0.222 e. The van der Waals surface area contributed by atoms with Gasteiger partial charge in [-0.2, -0.15) is 5.26 Å². The Kier molecular flexibility index (Phi) is 5.93. The van der Waals surface area contributed by atoms with E-state index in [1.807, 2.05) is 12.1 Å². The summed E-state index contributed by atoms with van der Waals surface area (Å²) in [4.78, 5) is 14.4. The van der Waals surface area contributed by atoms with E-state index in [9.17, 15) is 4.79 Å². The third kappa shape index (κ3) is 4.83. The number of hydrogen-bond acceptors (Lipinski definition) is 4. The molecule has 1 fully saturated rings. The number of hydrogen-bond donors (Lipinski definition) is 1. The molecule has 22 heavy (non-hydrogen) atoms. The molecule has 1 atom stereocenters. The molecule has 1 N–H and O–H groups in total. The van der Waals surface area contributed by atoms with E-state index in [2.05, 4.69) is 30.1 Å². The minimum absolute atomic E-state index is 0.0000316. The zero-order valence-corrected chi connectivity index (χ0v) is 13.2. The second kappa shape index (κ2) is 7.92. The highest BCUT2D eigenvalue weighted by atomic mass is 16.5. The van der Waals surface area contributed by atoms with Crippen molar-refractivity contribution in [2.75, 3.05) is 19.7 Å². The number of rotatable bonds is 5. The van der Waals surface area contributed by atoms with Gasteiger partial charge in [-0.25, -0.2) is 0 Å². The van der Waals surface area contributed by atoms with Crippen LogP contribution in [0.3, 0.4) is 0 Å². The number of ether oxygens (including phenoxy) is 1. The first kappa shape index (κ1) is 16.5. The van der Waals surface area contributed by atoms with Gasteiger partial charge in [-0.15, -0.1) is 0 Å². The Labute approximate surface area is 131 Å². The number of carbonyl (C=O) groups is 1. The summed E-state index contributed by atoms with van der Waals surface area (Å²) in [6.07, 6.45) is 0.358. The van der Waals surface area contributed by atoms with Gasteiger partial charge in [0.15, 0.2) is 0 Å². The highest BCUT2D eigenvalue weighted by Crippen LogP contribution is 2.11. The summed E-state index contributed by atoms with van der Waals surface area (Å²) < 4.78 is 5.67. The van der Waals surface area contributed by atoms with Crippen LogP contribution in [0.25, 0.3) is 0 Å². The Bertz CT molecular complexity index is 534. The molecule has 1 aliphatic heterocycles. The fourth-order valence-corrected chi connectivity index (χ4v) is 2.51. The minimum Gasteiger partial charge on any atom is -0.375 e. The molecule has 1 amide bonds. The largest absolute Gasteiger partial charge is 0.375 e. The molecule has 0 saturated carbocycles. The predicted molar refractivity (Wildman–Crippen MR) is 84.1 cm³/mol. The van der Waals surface area contributed by atoms with E-state index in [1.54, 1.807) is 12.1 Å². The summed E-state index contributed by atoms with van der Waals surface area (Å²) in [5, 5.41) is 11.7. The monoisotopic (exact) mass is 301 g/mol. The number of benzene rings is 1. The van der Waals surface area contributed by atoms with Crippen LogP contribution < -0.4 is 5.32 Å². The standard InChI is InChI=1S/C17H23N3O2/c1-13(2)20-7-8-22-16(12-20)9-17(21)19-11-15-5-3-14(10-18)4-6-15/h3-6,13,16H,7-9,11-12H2,1-2H3,(H,19,21)/t16-/m0/s1. The zero-order valence-electron chi connectivity index (χ0n) is 13.2. The maximum Gasteiger partial charge on any atom is 0.222 e. The molecule has 0 aliphatic carbocycles. The zero-order chi connectivity index (χ0) is 15.9. The second-order valence-electron chi connectivity index (χ2n) is 5.87.